The maximum Gasteiger partial charge on any atom is 0.167 e. The molecule has 0 aliphatic heterocycles. The second kappa shape index (κ2) is 14.3. The number of nitrogens with two attached hydrogens (primary N) is 1. The van der Waals surface area contributed by atoms with Crippen molar-refractivity contribution in [1.29, 1.82) is 0 Å². The summed E-state index contributed by atoms with van der Waals surface area (Å²) in [6.45, 7) is 0. The van der Waals surface area contributed by atoms with Gasteiger partial charge in [-0.25, -0.2) is 4.99 Å². The van der Waals surface area contributed by atoms with Crippen LogP contribution in [0.1, 0.15) is 22.9 Å². The molecule has 8 aromatic carbocycles. The van der Waals surface area contributed by atoms with Gasteiger partial charge in [0, 0.05) is 42.7 Å². The molecule has 1 atom stereocenters. The summed E-state index contributed by atoms with van der Waals surface area (Å²) in [7, 11) is 0. The van der Waals surface area contributed by atoms with Gasteiger partial charge in [0.25, 0.3) is 0 Å². The van der Waals surface area contributed by atoms with E-state index in [2.05, 4.69) is 168 Å². The van der Waals surface area contributed by atoms with Crippen LogP contribution in [0.15, 0.2) is 204 Å². The predicted octanol–water partition coefficient (Wildman–Crippen LogP) is 13.0. The van der Waals surface area contributed by atoms with Gasteiger partial charge in [0.15, 0.2) is 6.17 Å². The molecule has 0 radical (unpaired) electrons. The molecule has 0 aliphatic rings. The fraction of sp³-hybridized carbons (Fsp3) is 0.0196. The molecule has 266 valence electrons. The first-order chi connectivity index (χ1) is 27.7. The molecule has 4 nitrogen and oxygen atoms in total. The first-order valence-electron chi connectivity index (χ1n) is 18.8. The summed E-state index contributed by atoms with van der Waals surface area (Å²) >= 11 is 1.85. The summed E-state index contributed by atoms with van der Waals surface area (Å²) in [6, 6.07) is 67.9. The number of para-hydroxylation sites is 2. The van der Waals surface area contributed by atoms with Gasteiger partial charge in [-0.1, -0.05) is 170 Å². The number of fused-ring (bicyclic) bond motifs is 7. The summed E-state index contributed by atoms with van der Waals surface area (Å²) in [6.07, 6.45) is 1.35. The van der Waals surface area contributed by atoms with Gasteiger partial charge in [0.1, 0.15) is 5.84 Å². The predicted molar refractivity (Wildman–Crippen MR) is 238 cm³/mol. The SMILES string of the molecule is NC(=NC(N=Cc1ccc(-c2ccccc2)cc1)c1ccccc1)c1ccccc1-n1c2ccccc2c2ccc3sc4c(-c5ccccc5)cccc4c3c21. The van der Waals surface area contributed by atoms with Crippen molar-refractivity contribution in [3.8, 4) is 27.9 Å². The quantitative estimate of drug-likeness (QED) is 0.123. The molecule has 0 saturated carbocycles. The zero-order chi connectivity index (χ0) is 37.4. The zero-order valence-electron chi connectivity index (χ0n) is 30.5. The minimum Gasteiger partial charge on any atom is -0.383 e. The van der Waals surface area contributed by atoms with E-state index in [1.807, 2.05) is 47.9 Å². The third kappa shape index (κ3) is 5.95. The lowest BCUT2D eigenvalue weighted by Crippen LogP contribution is -2.18. The number of amidine groups is 1. The molecule has 2 heterocycles. The summed E-state index contributed by atoms with van der Waals surface area (Å²) in [5.41, 5.74) is 18.0. The van der Waals surface area contributed by atoms with Crippen molar-refractivity contribution in [3.63, 3.8) is 0 Å². The number of aliphatic imine (C=N–C) groups is 2. The highest BCUT2D eigenvalue weighted by Gasteiger charge is 2.21. The van der Waals surface area contributed by atoms with Gasteiger partial charge in [0.05, 0.1) is 16.7 Å². The Balaban J connectivity index is 1.13. The van der Waals surface area contributed by atoms with E-state index in [1.165, 1.54) is 47.6 Å². The van der Waals surface area contributed by atoms with Crippen molar-refractivity contribution >= 4 is 65.4 Å². The standard InChI is InChI=1S/C51H36N4S/c52-50(54-51(38-19-8-3-9-20-38)53-33-34-27-29-36(30-28-34)35-15-4-1-5-16-35)42-22-11-13-26-45(42)55-44-25-12-10-21-40(44)41-31-32-46-47(48(41)55)43-24-14-23-39(49(43)56-46)37-17-6-2-7-18-37/h1-33,51H,(H2,52,54). The topological polar surface area (TPSA) is 55.7 Å². The molecule has 0 spiro atoms. The van der Waals surface area contributed by atoms with E-state index < -0.39 is 6.17 Å². The van der Waals surface area contributed by atoms with Gasteiger partial charge in [0.2, 0.25) is 0 Å². The zero-order valence-corrected chi connectivity index (χ0v) is 31.3. The van der Waals surface area contributed by atoms with E-state index in [-0.39, 0.29) is 0 Å². The monoisotopic (exact) mass is 736 g/mol. The van der Waals surface area contributed by atoms with E-state index in [0.717, 1.165) is 39.0 Å². The normalized spacial score (nSPS) is 12.7. The summed E-state index contributed by atoms with van der Waals surface area (Å²) in [5.74, 6) is 0.422. The number of hydrogen-bond donors (Lipinski definition) is 1. The second-order valence-electron chi connectivity index (χ2n) is 13.9. The largest absolute Gasteiger partial charge is 0.383 e. The molecule has 0 aliphatic carbocycles. The smallest absolute Gasteiger partial charge is 0.167 e. The Morgan fingerprint density at radius 2 is 1.20 bits per heavy atom. The Hall–Kier alpha value is -7.08. The molecule has 10 rings (SSSR count). The maximum absolute atomic E-state index is 7.11. The Morgan fingerprint density at radius 1 is 0.554 bits per heavy atom. The number of aromatic nitrogens is 1. The highest BCUT2D eigenvalue weighted by molar-refractivity contribution is 7.26. The molecule has 0 saturated heterocycles. The summed E-state index contributed by atoms with van der Waals surface area (Å²) in [4.78, 5) is 10.2. The molecule has 5 heteroatoms. The molecule has 56 heavy (non-hydrogen) atoms. The first-order valence-corrected chi connectivity index (χ1v) is 19.6. The Labute approximate surface area is 329 Å². The third-order valence-corrected chi connectivity index (χ3v) is 11.7. The second-order valence-corrected chi connectivity index (χ2v) is 15.0. The molecule has 0 amide bonds. The van der Waals surface area contributed by atoms with E-state index in [9.17, 15) is 0 Å². The van der Waals surface area contributed by atoms with Gasteiger partial charge in [-0.2, -0.15) is 0 Å². The van der Waals surface area contributed by atoms with Crippen LogP contribution in [0.2, 0.25) is 0 Å². The first kappa shape index (κ1) is 33.5. The average molecular weight is 737 g/mol. The lowest BCUT2D eigenvalue weighted by molar-refractivity contribution is 0.781. The number of thiophene rings is 1. The van der Waals surface area contributed by atoms with Gasteiger partial charge < -0.3 is 10.3 Å². The maximum atomic E-state index is 7.11. The summed E-state index contributed by atoms with van der Waals surface area (Å²) in [5, 5.41) is 4.88. The highest BCUT2D eigenvalue weighted by Crippen LogP contribution is 2.46. The van der Waals surface area contributed by atoms with Gasteiger partial charge >= 0.3 is 0 Å². The highest BCUT2D eigenvalue weighted by atomic mass is 32.1. The van der Waals surface area contributed by atoms with Crippen molar-refractivity contribution in [2.24, 2.45) is 15.7 Å². The van der Waals surface area contributed by atoms with Crippen molar-refractivity contribution in [2.75, 3.05) is 0 Å². The fourth-order valence-electron chi connectivity index (χ4n) is 7.89. The van der Waals surface area contributed by atoms with Crippen LogP contribution in [-0.2, 0) is 0 Å². The van der Waals surface area contributed by atoms with Crippen LogP contribution >= 0.6 is 11.3 Å². The van der Waals surface area contributed by atoms with Crippen LogP contribution in [0.4, 0.5) is 0 Å². The fourth-order valence-corrected chi connectivity index (χ4v) is 9.13. The lowest BCUT2D eigenvalue weighted by atomic mass is 10.0. The van der Waals surface area contributed by atoms with Crippen LogP contribution in [0.3, 0.4) is 0 Å². The number of benzene rings is 8. The minimum absolute atomic E-state index is 0.422. The van der Waals surface area contributed by atoms with Crippen molar-refractivity contribution in [3.05, 3.63) is 211 Å². The molecular weight excluding hydrogens is 701 g/mol. The van der Waals surface area contributed by atoms with E-state index >= 15 is 0 Å². The molecule has 2 N–H and O–H groups in total. The van der Waals surface area contributed by atoms with Gasteiger partial charge in [-0.05, 0) is 57.6 Å². The van der Waals surface area contributed by atoms with E-state index in [0.29, 0.717) is 5.84 Å². The molecule has 0 fully saturated rings. The third-order valence-electron chi connectivity index (χ3n) is 10.5. The van der Waals surface area contributed by atoms with Crippen LogP contribution in [0, 0.1) is 0 Å². The number of nitrogens with zero attached hydrogens (tertiary/aromatic N) is 3. The van der Waals surface area contributed by atoms with E-state index in [1.54, 1.807) is 0 Å². The van der Waals surface area contributed by atoms with Crippen molar-refractivity contribution in [2.45, 2.75) is 6.17 Å². The summed E-state index contributed by atoms with van der Waals surface area (Å²) < 4.78 is 4.92. The Kier molecular flexibility index (Phi) is 8.55. The van der Waals surface area contributed by atoms with Crippen LogP contribution < -0.4 is 5.73 Å². The average Bonchev–Trinajstić information content (AvgIpc) is 3.82. The number of rotatable bonds is 8. The lowest BCUT2D eigenvalue weighted by Gasteiger charge is -2.16. The molecule has 0 bridgehead atoms. The molecular formula is C51H36N4S. The van der Waals surface area contributed by atoms with Crippen molar-refractivity contribution in [1.82, 2.24) is 4.57 Å². The van der Waals surface area contributed by atoms with Crippen LogP contribution in [0.25, 0.3) is 69.9 Å². The Bertz CT molecular complexity index is 3070. The minimum atomic E-state index is -0.542. The molecule has 2 aromatic heterocycles. The molecule has 10 aromatic rings. The molecule has 1 unspecified atom stereocenters. The van der Waals surface area contributed by atoms with E-state index in [4.69, 9.17) is 15.7 Å². The van der Waals surface area contributed by atoms with Gasteiger partial charge in [-0.15, -0.1) is 11.3 Å². The van der Waals surface area contributed by atoms with Crippen LogP contribution in [-0.4, -0.2) is 16.6 Å². The number of hydrogen-bond acceptors (Lipinski definition) is 3. The Morgan fingerprint density at radius 3 is 1.98 bits per heavy atom. The van der Waals surface area contributed by atoms with Crippen LogP contribution in [0.5, 0.6) is 0 Å². The van der Waals surface area contributed by atoms with Gasteiger partial charge in [-0.3, -0.25) is 4.99 Å². The van der Waals surface area contributed by atoms with Crippen molar-refractivity contribution < 1.29 is 0 Å².